The summed E-state index contributed by atoms with van der Waals surface area (Å²) in [6.07, 6.45) is 0. The molecule has 1 heterocycles. The lowest BCUT2D eigenvalue weighted by molar-refractivity contribution is 1.07. The molecule has 6 heteroatoms. The summed E-state index contributed by atoms with van der Waals surface area (Å²) in [7, 11) is 1.84. The molecule has 6 nitrogen and oxygen atoms in total. The average molecular weight is 268 g/mol. The first kappa shape index (κ1) is 13.6. The lowest BCUT2D eigenvalue weighted by atomic mass is 10.2. The molecule has 0 aliphatic carbocycles. The van der Waals surface area contributed by atoms with Crippen molar-refractivity contribution >= 4 is 23.3 Å². The molecule has 0 aliphatic heterocycles. The lowest BCUT2D eigenvalue weighted by Gasteiger charge is -2.20. The fourth-order valence-electron chi connectivity index (χ4n) is 1.88. The van der Waals surface area contributed by atoms with Crippen molar-refractivity contribution < 1.29 is 0 Å². The van der Waals surface area contributed by atoms with Crippen LogP contribution in [0.3, 0.4) is 0 Å². The van der Waals surface area contributed by atoms with Gasteiger partial charge in [0.05, 0.1) is 11.3 Å². The maximum absolute atomic E-state index is 9.16. The van der Waals surface area contributed by atoms with Crippen molar-refractivity contribution in [1.29, 1.82) is 5.26 Å². The fourth-order valence-corrected chi connectivity index (χ4v) is 1.88. The molecular formula is C14H16N6. The minimum absolute atomic E-state index is 0.194. The summed E-state index contributed by atoms with van der Waals surface area (Å²) in [5.74, 6) is 1.49. The minimum Gasteiger partial charge on any atom is -0.370 e. The maximum atomic E-state index is 9.16. The third-order valence-electron chi connectivity index (χ3n) is 2.82. The van der Waals surface area contributed by atoms with Crippen LogP contribution in [0.1, 0.15) is 12.5 Å². The molecule has 0 bridgehead atoms. The third kappa shape index (κ3) is 2.78. The van der Waals surface area contributed by atoms with Crippen LogP contribution in [0.4, 0.5) is 23.3 Å². The highest BCUT2D eigenvalue weighted by Gasteiger charge is 2.11. The van der Waals surface area contributed by atoms with E-state index in [2.05, 4.69) is 21.4 Å². The maximum Gasteiger partial charge on any atom is 0.223 e. The van der Waals surface area contributed by atoms with Crippen LogP contribution in [-0.4, -0.2) is 23.6 Å². The quantitative estimate of drug-likeness (QED) is 0.882. The van der Waals surface area contributed by atoms with Crippen LogP contribution < -0.4 is 16.0 Å². The van der Waals surface area contributed by atoms with Crippen LogP contribution >= 0.6 is 0 Å². The molecule has 0 unspecified atom stereocenters. The van der Waals surface area contributed by atoms with Gasteiger partial charge in [-0.1, -0.05) is 12.1 Å². The first-order valence-corrected chi connectivity index (χ1v) is 6.27. The number of nitriles is 1. The first-order chi connectivity index (χ1) is 9.65. The first-order valence-electron chi connectivity index (χ1n) is 6.27. The number of nitrogens with two attached hydrogens (primary N) is 1. The summed E-state index contributed by atoms with van der Waals surface area (Å²) in [5, 5.41) is 12.3. The van der Waals surface area contributed by atoms with Gasteiger partial charge < -0.3 is 16.0 Å². The van der Waals surface area contributed by atoms with Gasteiger partial charge in [-0.3, -0.25) is 0 Å². The normalized spacial score (nSPS) is 9.85. The van der Waals surface area contributed by atoms with Crippen molar-refractivity contribution in [2.45, 2.75) is 6.92 Å². The van der Waals surface area contributed by atoms with Gasteiger partial charge in [-0.05, 0) is 19.1 Å². The smallest absolute Gasteiger partial charge is 0.223 e. The van der Waals surface area contributed by atoms with Crippen LogP contribution in [0.15, 0.2) is 30.3 Å². The van der Waals surface area contributed by atoms with Crippen molar-refractivity contribution in [3.05, 3.63) is 35.9 Å². The Morgan fingerprint density at radius 2 is 2.10 bits per heavy atom. The number of hydrogen-bond acceptors (Lipinski definition) is 6. The number of anilines is 4. The number of aromatic nitrogens is 2. The van der Waals surface area contributed by atoms with E-state index in [0.29, 0.717) is 17.2 Å². The summed E-state index contributed by atoms with van der Waals surface area (Å²) < 4.78 is 0. The predicted octanol–water partition coefficient (Wildman–Crippen LogP) is 2.13. The Morgan fingerprint density at radius 1 is 1.35 bits per heavy atom. The number of nitrogens with one attached hydrogen (secondary N) is 1. The molecule has 20 heavy (non-hydrogen) atoms. The molecule has 0 spiro atoms. The molecule has 3 N–H and O–H groups in total. The van der Waals surface area contributed by atoms with E-state index >= 15 is 0 Å². The second kappa shape index (κ2) is 5.89. The zero-order chi connectivity index (χ0) is 14.5. The zero-order valence-electron chi connectivity index (χ0n) is 11.5. The van der Waals surface area contributed by atoms with E-state index < -0.39 is 0 Å². The SMILES string of the molecule is CCNc1cc(N(C)c2ccccc2C#N)nc(N)n1. The molecule has 0 saturated heterocycles. The number of hydrogen-bond donors (Lipinski definition) is 2. The van der Waals surface area contributed by atoms with Crippen molar-refractivity contribution in [3.8, 4) is 6.07 Å². The molecule has 0 amide bonds. The molecule has 1 aromatic heterocycles. The highest BCUT2D eigenvalue weighted by molar-refractivity contribution is 5.68. The van der Waals surface area contributed by atoms with Gasteiger partial charge in [0.1, 0.15) is 17.7 Å². The Balaban J connectivity index is 2.43. The summed E-state index contributed by atoms with van der Waals surface area (Å²) >= 11 is 0. The molecule has 0 saturated carbocycles. The predicted molar refractivity (Wildman–Crippen MR) is 79.8 cm³/mol. The molecule has 0 radical (unpaired) electrons. The van der Waals surface area contributed by atoms with Gasteiger partial charge in [-0.25, -0.2) is 0 Å². The van der Waals surface area contributed by atoms with Gasteiger partial charge in [-0.2, -0.15) is 15.2 Å². The fraction of sp³-hybridized carbons (Fsp3) is 0.214. The van der Waals surface area contributed by atoms with Crippen LogP contribution in [0.5, 0.6) is 0 Å². The minimum atomic E-state index is 0.194. The molecular weight excluding hydrogens is 252 g/mol. The van der Waals surface area contributed by atoms with E-state index in [1.54, 1.807) is 12.1 Å². The highest BCUT2D eigenvalue weighted by atomic mass is 15.2. The highest BCUT2D eigenvalue weighted by Crippen LogP contribution is 2.26. The van der Waals surface area contributed by atoms with Crippen LogP contribution in [0, 0.1) is 11.3 Å². The Morgan fingerprint density at radius 3 is 2.80 bits per heavy atom. The average Bonchev–Trinajstić information content (AvgIpc) is 2.46. The Kier molecular flexibility index (Phi) is 4.01. The molecule has 2 rings (SSSR count). The Hall–Kier alpha value is -2.81. The molecule has 0 fully saturated rings. The summed E-state index contributed by atoms with van der Waals surface area (Å²) in [6.45, 7) is 2.72. The molecule has 0 aliphatic rings. The largest absolute Gasteiger partial charge is 0.370 e. The number of rotatable bonds is 4. The summed E-state index contributed by atoms with van der Waals surface area (Å²) in [5.41, 5.74) is 7.08. The van der Waals surface area contributed by atoms with Crippen LogP contribution in [-0.2, 0) is 0 Å². The van der Waals surface area contributed by atoms with Gasteiger partial charge in [0.2, 0.25) is 5.95 Å². The summed E-state index contributed by atoms with van der Waals surface area (Å²) in [4.78, 5) is 10.1. The molecule has 1 aromatic carbocycles. The lowest BCUT2D eigenvalue weighted by Crippen LogP contribution is -2.15. The van der Waals surface area contributed by atoms with E-state index in [0.717, 1.165) is 12.2 Å². The van der Waals surface area contributed by atoms with Crippen LogP contribution in [0.2, 0.25) is 0 Å². The van der Waals surface area contributed by atoms with Gasteiger partial charge in [-0.15, -0.1) is 0 Å². The van der Waals surface area contributed by atoms with E-state index in [-0.39, 0.29) is 5.95 Å². The van der Waals surface area contributed by atoms with Crippen molar-refractivity contribution in [1.82, 2.24) is 9.97 Å². The summed E-state index contributed by atoms with van der Waals surface area (Å²) in [6, 6.07) is 11.3. The molecule has 102 valence electrons. The number of nitrogens with zero attached hydrogens (tertiary/aromatic N) is 4. The Labute approximate surface area is 117 Å². The van der Waals surface area contributed by atoms with Gasteiger partial charge in [0.25, 0.3) is 0 Å². The van der Waals surface area contributed by atoms with E-state index in [9.17, 15) is 0 Å². The van der Waals surface area contributed by atoms with Gasteiger partial charge >= 0.3 is 0 Å². The standard InChI is InChI=1S/C14H16N6/c1-3-17-12-8-13(19-14(16)18-12)20(2)11-7-5-4-6-10(11)9-15/h4-8H,3H2,1-2H3,(H3,16,17,18,19). The van der Waals surface area contributed by atoms with E-state index in [1.165, 1.54) is 0 Å². The van der Waals surface area contributed by atoms with Crippen molar-refractivity contribution in [2.75, 3.05) is 29.5 Å². The van der Waals surface area contributed by atoms with Crippen molar-refractivity contribution in [3.63, 3.8) is 0 Å². The number of benzene rings is 1. The molecule has 0 atom stereocenters. The number of nitrogen functional groups attached to an aromatic ring is 1. The number of para-hydroxylation sites is 1. The second-order valence-electron chi connectivity index (χ2n) is 4.19. The van der Waals surface area contributed by atoms with Crippen molar-refractivity contribution in [2.24, 2.45) is 0 Å². The van der Waals surface area contributed by atoms with Gasteiger partial charge in [0, 0.05) is 19.7 Å². The second-order valence-corrected chi connectivity index (χ2v) is 4.19. The monoisotopic (exact) mass is 268 g/mol. The third-order valence-corrected chi connectivity index (χ3v) is 2.82. The molecule has 2 aromatic rings. The Bertz CT molecular complexity index is 646. The van der Waals surface area contributed by atoms with Crippen LogP contribution in [0.25, 0.3) is 0 Å². The van der Waals surface area contributed by atoms with Gasteiger partial charge in [0.15, 0.2) is 0 Å². The zero-order valence-corrected chi connectivity index (χ0v) is 11.5. The topological polar surface area (TPSA) is 90.9 Å². The van der Waals surface area contributed by atoms with E-state index in [1.807, 2.05) is 37.1 Å². The van der Waals surface area contributed by atoms with E-state index in [4.69, 9.17) is 11.0 Å².